The fourth-order valence-electron chi connectivity index (χ4n) is 3.71. The minimum atomic E-state index is 0.107. The average Bonchev–Trinajstić information content (AvgIpc) is 2.46. The lowest BCUT2D eigenvalue weighted by molar-refractivity contribution is 0.0338. The Morgan fingerprint density at radius 1 is 1.40 bits per heavy atom. The summed E-state index contributed by atoms with van der Waals surface area (Å²) in [5, 5.41) is 8.89. The number of pyridine rings is 1. The molecule has 3 rings (SSSR count). The van der Waals surface area contributed by atoms with E-state index in [1.54, 1.807) is 18.3 Å². The van der Waals surface area contributed by atoms with E-state index in [2.05, 4.69) is 16.9 Å². The van der Waals surface area contributed by atoms with Crippen LogP contribution in [0.5, 0.6) is 0 Å². The fourth-order valence-corrected chi connectivity index (χ4v) is 3.71. The van der Waals surface area contributed by atoms with Gasteiger partial charge in [-0.15, -0.1) is 0 Å². The summed E-state index contributed by atoms with van der Waals surface area (Å²) in [5.74, 6) is 0.296. The Kier molecular flexibility index (Phi) is 3.54. The average molecular weight is 269 g/mol. The molecule has 104 valence electrons. The first-order valence-electron chi connectivity index (χ1n) is 7.31. The number of Topliss-reactive ketones (excluding diaryl/α,β-unsaturated/α-hetero) is 1. The summed E-state index contributed by atoms with van der Waals surface area (Å²) in [6.45, 7) is 0. The number of nitriles is 1. The van der Waals surface area contributed by atoms with Crippen LogP contribution in [0.15, 0.2) is 18.3 Å². The van der Waals surface area contributed by atoms with Gasteiger partial charge in [0.15, 0.2) is 5.78 Å². The molecule has 4 heteroatoms. The number of rotatable bonds is 2. The van der Waals surface area contributed by atoms with E-state index in [4.69, 9.17) is 5.26 Å². The normalized spacial score (nSPS) is 29.7. The van der Waals surface area contributed by atoms with E-state index in [-0.39, 0.29) is 11.7 Å². The fraction of sp³-hybridized carbons (Fsp3) is 0.562. The molecule has 0 N–H and O–H groups in total. The second-order valence-electron chi connectivity index (χ2n) is 5.98. The van der Waals surface area contributed by atoms with Crippen LogP contribution in [0, 0.1) is 17.2 Å². The smallest absolute Gasteiger partial charge is 0.166 e. The summed E-state index contributed by atoms with van der Waals surface area (Å²) < 4.78 is 0. The van der Waals surface area contributed by atoms with E-state index in [0.29, 0.717) is 23.3 Å². The third-order valence-corrected chi connectivity index (χ3v) is 4.87. The van der Waals surface area contributed by atoms with Gasteiger partial charge < -0.3 is 4.90 Å². The van der Waals surface area contributed by atoms with Crippen LogP contribution < -0.4 is 0 Å². The van der Waals surface area contributed by atoms with E-state index < -0.39 is 0 Å². The Hall–Kier alpha value is -1.73. The zero-order valence-corrected chi connectivity index (χ0v) is 11.7. The number of piperidine rings is 2. The van der Waals surface area contributed by atoms with Crippen molar-refractivity contribution in [3.05, 3.63) is 29.6 Å². The Morgan fingerprint density at radius 2 is 2.10 bits per heavy atom. The van der Waals surface area contributed by atoms with Crippen LogP contribution in [-0.2, 0) is 0 Å². The molecule has 2 fully saturated rings. The van der Waals surface area contributed by atoms with Crippen LogP contribution in [-0.4, -0.2) is 34.8 Å². The lowest BCUT2D eigenvalue weighted by Crippen LogP contribution is -2.51. The molecule has 2 unspecified atom stereocenters. The van der Waals surface area contributed by atoms with Gasteiger partial charge in [0.05, 0.1) is 0 Å². The number of hydrogen-bond acceptors (Lipinski definition) is 4. The van der Waals surface area contributed by atoms with Crippen LogP contribution in [0.25, 0.3) is 0 Å². The second kappa shape index (κ2) is 5.34. The van der Waals surface area contributed by atoms with Crippen molar-refractivity contribution in [2.75, 3.05) is 7.05 Å². The first-order valence-corrected chi connectivity index (χ1v) is 7.31. The topological polar surface area (TPSA) is 57.0 Å². The lowest BCUT2D eigenvalue weighted by Gasteiger charge is -2.46. The number of hydrogen-bond donors (Lipinski definition) is 0. The number of fused-ring (bicyclic) bond motifs is 2. The van der Waals surface area contributed by atoms with Crippen molar-refractivity contribution < 1.29 is 4.79 Å². The predicted octanol–water partition coefficient (Wildman–Crippen LogP) is 2.40. The van der Waals surface area contributed by atoms with Gasteiger partial charge in [-0.05, 0) is 44.9 Å². The molecule has 2 atom stereocenters. The molecule has 0 aromatic carbocycles. The van der Waals surface area contributed by atoms with Crippen molar-refractivity contribution in [1.29, 1.82) is 5.26 Å². The minimum absolute atomic E-state index is 0.107. The molecule has 1 aromatic rings. The number of carbonyl (C=O) groups is 1. The first kappa shape index (κ1) is 13.3. The zero-order valence-electron chi connectivity index (χ0n) is 11.7. The number of nitrogens with zero attached hydrogens (tertiary/aromatic N) is 3. The Morgan fingerprint density at radius 3 is 2.75 bits per heavy atom. The predicted molar refractivity (Wildman–Crippen MR) is 75.2 cm³/mol. The van der Waals surface area contributed by atoms with Crippen molar-refractivity contribution in [2.45, 2.75) is 44.2 Å². The van der Waals surface area contributed by atoms with Crippen LogP contribution >= 0.6 is 0 Å². The highest BCUT2D eigenvalue weighted by Crippen LogP contribution is 2.37. The Bertz CT molecular complexity index is 549. The minimum Gasteiger partial charge on any atom is -0.300 e. The van der Waals surface area contributed by atoms with Crippen LogP contribution in [0.1, 0.15) is 48.2 Å². The molecule has 0 aliphatic carbocycles. The number of aromatic nitrogens is 1. The number of carbonyl (C=O) groups excluding carboxylic acids is 1. The summed E-state index contributed by atoms with van der Waals surface area (Å²) in [5.41, 5.74) is 0.966. The maximum absolute atomic E-state index is 12.6. The monoisotopic (exact) mass is 269 g/mol. The summed E-state index contributed by atoms with van der Waals surface area (Å²) in [6.07, 6.45) is 7.16. The summed E-state index contributed by atoms with van der Waals surface area (Å²) in [6, 6.07) is 6.45. The molecule has 0 spiro atoms. The lowest BCUT2D eigenvalue weighted by atomic mass is 9.76. The van der Waals surface area contributed by atoms with Gasteiger partial charge in [0.1, 0.15) is 11.8 Å². The maximum Gasteiger partial charge on any atom is 0.166 e. The third-order valence-electron chi connectivity index (χ3n) is 4.87. The summed E-state index contributed by atoms with van der Waals surface area (Å²) in [7, 11) is 2.19. The highest BCUT2D eigenvalue weighted by Gasteiger charge is 2.38. The molecule has 3 heterocycles. The molecule has 20 heavy (non-hydrogen) atoms. The van der Waals surface area contributed by atoms with Gasteiger partial charge in [-0.3, -0.25) is 4.79 Å². The van der Waals surface area contributed by atoms with Gasteiger partial charge in [-0.25, -0.2) is 4.98 Å². The molecule has 0 amide bonds. The van der Waals surface area contributed by atoms with Gasteiger partial charge in [0.25, 0.3) is 0 Å². The molecule has 2 aliphatic heterocycles. The molecular formula is C16H19N3O. The van der Waals surface area contributed by atoms with E-state index in [9.17, 15) is 4.79 Å². The third kappa shape index (κ3) is 2.34. The quantitative estimate of drug-likeness (QED) is 0.774. The van der Waals surface area contributed by atoms with Crippen molar-refractivity contribution in [3.8, 4) is 6.07 Å². The molecule has 4 nitrogen and oxygen atoms in total. The summed E-state index contributed by atoms with van der Waals surface area (Å²) >= 11 is 0. The van der Waals surface area contributed by atoms with Crippen molar-refractivity contribution in [3.63, 3.8) is 0 Å². The zero-order chi connectivity index (χ0) is 14.1. The molecular weight excluding hydrogens is 250 g/mol. The Labute approximate surface area is 119 Å². The van der Waals surface area contributed by atoms with E-state index >= 15 is 0 Å². The van der Waals surface area contributed by atoms with Gasteiger partial charge >= 0.3 is 0 Å². The SMILES string of the molecule is CN1C2CCCC1CC(C(=O)c1ccnc(C#N)c1)C2. The molecule has 0 saturated carbocycles. The highest BCUT2D eigenvalue weighted by atomic mass is 16.1. The maximum atomic E-state index is 12.6. The highest BCUT2D eigenvalue weighted by molar-refractivity contribution is 5.98. The molecule has 1 aromatic heterocycles. The van der Waals surface area contributed by atoms with Gasteiger partial charge in [-0.1, -0.05) is 6.42 Å². The van der Waals surface area contributed by atoms with Crippen molar-refractivity contribution in [1.82, 2.24) is 9.88 Å². The van der Waals surface area contributed by atoms with E-state index in [1.807, 2.05) is 6.07 Å². The van der Waals surface area contributed by atoms with Gasteiger partial charge in [0, 0.05) is 29.8 Å². The summed E-state index contributed by atoms with van der Waals surface area (Å²) in [4.78, 5) is 19.0. The van der Waals surface area contributed by atoms with Crippen LogP contribution in [0.2, 0.25) is 0 Å². The molecule has 0 radical (unpaired) electrons. The van der Waals surface area contributed by atoms with Crippen LogP contribution in [0.3, 0.4) is 0 Å². The second-order valence-corrected chi connectivity index (χ2v) is 5.98. The molecule has 2 bridgehead atoms. The number of ketones is 1. The Balaban J connectivity index is 1.79. The van der Waals surface area contributed by atoms with Crippen molar-refractivity contribution in [2.24, 2.45) is 5.92 Å². The molecule has 2 saturated heterocycles. The van der Waals surface area contributed by atoms with Crippen LogP contribution in [0.4, 0.5) is 0 Å². The van der Waals surface area contributed by atoms with Gasteiger partial charge in [0.2, 0.25) is 0 Å². The molecule has 2 aliphatic rings. The first-order chi connectivity index (χ1) is 9.69. The largest absolute Gasteiger partial charge is 0.300 e. The van der Waals surface area contributed by atoms with Gasteiger partial charge in [-0.2, -0.15) is 5.26 Å². The van der Waals surface area contributed by atoms with E-state index in [0.717, 1.165) is 12.8 Å². The standard InChI is InChI=1S/C16H19N3O/c1-19-14-3-2-4-15(19)9-12(8-14)16(20)11-5-6-18-13(7-11)10-17/h5-7,12,14-15H,2-4,8-9H2,1H3. The van der Waals surface area contributed by atoms with Crippen molar-refractivity contribution >= 4 is 5.78 Å². The van der Waals surface area contributed by atoms with E-state index in [1.165, 1.54) is 19.3 Å².